The summed E-state index contributed by atoms with van der Waals surface area (Å²) in [5.41, 5.74) is -0.113. The van der Waals surface area contributed by atoms with E-state index in [0.717, 1.165) is 25.9 Å². The quantitative estimate of drug-likeness (QED) is 0.786. The summed E-state index contributed by atoms with van der Waals surface area (Å²) in [7, 11) is 0. The van der Waals surface area contributed by atoms with E-state index in [1.165, 1.54) is 0 Å². The molecular formula is C11H15ClN2O. The van der Waals surface area contributed by atoms with Crippen LogP contribution in [-0.2, 0) is 0 Å². The summed E-state index contributed by atoms with van der Waals surface area (Å²) in [6, 6.07) is 3.70. The first-order chi connectivity index (χ1) is 7.20. The molecule has 4 heteroatoms. The molecule has 82 valence electrons. The van der Waals surface area contributed by atoms with Crippen LogP contribution in [-0.4, -0.2) is 23.7 Å². The highest BCUT2D eigenvalue weighted by Crippen LogP contribution is 2.29. The molecule has 0 aliphatic carbocycles. The van der Waals surface area contributed by atoms with E-state index in [1.807, 2.05) is 12.1 Å². The number of pyridine rings is 1. The normalized spacial score (nSPS) is 19.9. The first-order valence-corrected chi connectivity index (χ1v) is 5.58. The third kappa shape index (κ3) is 2.61. The highest BCUT2D eigenvalue weighted by atomic mass is 35.5. The Morgan fingerprint density at radius 3 is 2.87 bits per heavy atom. The van der Waals surface area contributed by atoms with E-state index < -0.39 is 0 Å². The Hall–Kier alpha value is -0.800. The van der Waals surface area contributed by atoms with E-state index in [2.05, 4.69) is 17.2 Å². The van der Waals surface area contributed by atoms with E-state index >= 15 is 0 Å². The second-order valence-corrected chi connectivity index (χ2v) is 4.45. The number of aromatic nitrogens is 1. The molecule has 0 amide bonds. The van der Waals surface area contributed by atoms with Gasteiger partial charge in [-0.05, 0) is 45.0 Å². The van der Waals surface area contributed by atoms with Crippen LogP contribution in [0, 0.1) is 0 Å². The van der Waals surface area contributed by atoms with Gasteiger partial charge in [-0.15, -0.1) is 0 Å². The maximum atomic E-state index is 5.95. The largest absolute Gasteiger partial charge is 0.484 e. The van der Waals surface area contributed by atoms with Gasteiger partial charge in [0.2, 0.25) is 0 Å². The second-order valence-electron chi connectivity index (χ2n) is 4.09. The van der Waals surface area contributed by atoms with Gasteiger partial charge >= 0.3 is 0 Å². The molecule has 15 heavy (non-hydrogen) atoms. The van der Waals surface area contributed by atoms with Crippen molar-refractivity contribution in [2.45, 2.75) is 25.4 Å². The van der Waals surface area contributed by atoms with Crippen molar-refractivity contribution in [3.8, 4) is 5.75 Å². The molecule has 0 spiro atoms. The van der Waals surface area contributed by atoms with Gasteiger partial charge in [-0.3, -0.25) is 0 Å². The highest BCUT2D eigenvalue weighted by molar-refractivity contribution is 6.30. The Bertz CT molecular complexity index is 337. The maximum Gasteiger partial charge on any atom is 0.171 e. The Morgan fingerprint density at radius 1 is 1.47 bits per heavy atom. The lowest BCUT2D eigenvalue weighted by Crippen LogP contribution is -2.43. The number of hydrogen-bond donors (Lipinski definition) is 1. The number of nitrogens with zero attached hydrogens (tertiary/aromatic N) is 1. The molecule has 1 aromatic rings. The van der Waals surface area contributed by atoms with Crippen LogP contribution in [0.2, 0.25) is 5.15 Å². The van der Waals surface area contributed by atoms with Gasteiger partial charge in [-0.1, -0.05) is 11.6 Å². The Labute approximate surface area is 94.8 Å². The summed E-state index contributed by atoms with van der Waals surface area (Å²) in [4.78, 5) is 4.00. The molecule has 2 heterocycles. The maximum absolute atomic E-state index is 5.95. The molecule has 0 radical (unpaired) electrons. The molecule has 0 aromatic carbocycles. The molecule has 0 unspecified atom stereocenters. The van der Waals surface area contributed by atoms with Gasteiger partial charge in [0.05, 0.1) is 0 Å². The lowest BCUT2D eigenvalue weighted by Gasteiger charge is -2.34. The first kappa shape index (κ1) is 10.7. The minimum Gasteiger partial charge on any atom is -0.484 e. The fourth-order valence-electron chi connectivity index (χ4n) is 1.77. The average molecular weight is 227 g/mol. The van der Waals surface area contributed by atoms with E-state index in [1.54, 1.807) is 6.20 Å². The first-order valence-electron chi connectivity index (χ1n) is 5.20. The number of ether oxygens (including phenoxy) is 1. The fourth-order valence-corrected chi connectivity index (χ4v) is 1.93. The SMILES string of the molecule is CC1(Oc2cccnc2Cl)CCNCC1. The summed E-state index contributed by atoms with van der Waals surface area (Å²) in [5.74, 6) is 0.684. The lowest BCUT2D eigenvalue weighted by atomic mass is 9.94. The van der Waals surface area contributed by atoms with Crippen molar-refractivity contribution in [2.24, 2.45) is 0 Å². The zero-order valence-electron chi connectivity index (χ0n) is 8.79. The minimum atomic E-state index is -0.113. The highest BCUT2D eigenvalue weighted by Gasteiger charge is 2.29. The summed E-state index contributed by atoms with van der Waals surface area (Å²) < 4.78 is 5.94. The van der Waals surface area contributed by atoms with Crippen LogP contribution >= 0.6 is 11.6 Å². The average Bonchev–Trinajstić information content (AvgIpc) is 2.22. The van der Waals surface area contributed by atoms with Crippen molar-refractivity contribution in [1.29, 1.82) is 0 Å². The summed E-state index contributed by atoms with van der Waals surface area (Å²) >= 11 is 5.95. The Morgan fingerprint density at radius 2 is 2.20 bits per heavy atom. The molecule has 2 rings (SSSR count). The number of nitrogens with one attached hydrogen (secondary N) is 1. The molecule has 0 saturated carbocycles. The van der Waals surface area contributed by atoms with Gasteiger partial charge in [-0.2, -0.15) is 0 Å². The van der Waals surface area contributed by atoms with Crippen LogP contribution in [0.25, 0.3) is 0 Å². The zero-order chi connectivity index (χ0) is 10.7. The van der Waals surface area contributed by atoms with E-state index in [-0.39, 0.29) is 5.60 Å². The number of hydrogen-bond acceptors (Lipinski definition) is 3. The van der Waals surface area contributed by atoms with Crippen LogP contribution in [0.15, 0.2) is 18.3 Å². The predicted molar refractivity (Wildman–Crippen MR) is 60.4 cm³/mol. The standard InChI is InChI=1S/C11H15ClN2O/c1-11(4-7-13-8-5-11)15-9-3-2-6-14-10(9)12/h2-3,6,13H,4-5,7-8H2,1H3. The molecule has 1 fully saturated rings. The third-order valence-corrected chi connectivity index (χ3v) is 3.03. The summed E-state index contributed by atoms with van der Waals surface area (Å²) in [6.45, 7) is 4.11. The van der Waals surface area contributed by atoms with Crippen LogP contribution in [0.4, 0.5) is 0 Å². The number of rotatable bonds is 2. The summed E-state index contributed by atoms with van der Waals surface area (Å²) in [5, 5.41) is 3.75. The molecule has 1 saturated heterocycles. The van der Waals surface area contributed by atoms with Gasteiger partial charge in [0.25, 0.3) is 0 Å². The fraction of sp³-hybridized carbons (Fsp3) is 0.545. The van der Waals surface area contributed by atoms with Crippen molar-refractivity contribution in [2.75, 3.05) is 13.1 Å². The summed E-state index contributed by atoms with van der Waals surface area (Å²) in [6.07, 6.45) is 3.66. The van der Waals surface area contributed by atoms with E-state index in [0.29, 0.717) is 10.9 Å². The molecule has 1 aromatic heterocycles. The molecule has 1 aliphatic rings. The van der Waals surface area contributed by atoms with Crippen molar-refractivity contribution >= 4 is 11.6 Å². The molecule has 3 nitrogen and oxygen atoms in total. The van der Waals surface area contributed by atoms with Crippen LogP contribution < -0.4 is 10.1 Å². The monoisotopic (exact) mass is 226 g/mol. The van der Waals surface area contributed by atoms with Gasteiger partial charge in [0.15, 0.2) is 10.9 Å². The molecule has 1 N–H and O–H groups in total. The topological polar surface area (TPSA) is 34.1 Å². The Balaban J connectivity index is 2.10. The van der Waals surface area contributed by atoms with E-state index in [4.69, 9.17) is 16.3 Å². The van der Waals surface area contributed by atoms with Crippen molar-refractivity contribution in [1.82, 2.24) is 10.3 Å². The lowest BCUT2D eigenvalue weighted by molar-refractivity contribution is 0.0553. The zero-order valence-corrected chi connectivity index (χ0v) is 9.55. The van der Waals surface area contributed by atoms with Crippen LogP contribution in [0.3, 0.4) is 0 Å². The van der Waals surface area contributed by atoms with Gasteiger partial charge in [0, 0.05) is 6.20 Å². The van der Waals surface area contributed by atoms with Crippen LogP contribution in [0.1, 0.15) is 19.8 Å². The van der Waals surface area contributed by atoms with Crippen LogP contribution in [0.5, 0.6) is 5.75 Å². The van der Waals surface area contributed by atoms with Crippen molar-refractivity contribution < 1.29 is 4.74 Å². The Kier molecular flexibility index (Phi) is 3.12. The minimum absolute atomic E-state index is 0.113. The molecule has 0 bridgehead atoms. The molecular weight excluding hydrogens is 212 g/mol. The molecule has 0 atom stereocenters. The van der Waals surface area contributed by atoms with Gasteiger partial charge in [-0.25, -0.2) is 4.98 Å². The van der Waals surface area contributed by atoms with Crippen molar-refractivity contribution in [3.63, 3.8) is 0 Å². The van der Waals surface area contributed by atoms with Gasteiger partial charge in [0.1, 0.15) is 5.60 Å². The third-order valence-electron chi connectivity index (χ3n) is 2.74. The molecule has 1 aliphatic heterocycles. The number of halogens is 1. The van der Waals surface area contributed by atoms with Gasteiger partial charge < -0.3 is 10.1 Å². The number of piperidine rings is 1. The smallest absolute Gasteiger partial charge is 0.171 e. The predicted octanol–water partition coefficient (Wildman–Crippen LogP) is 2.26. The van der Waals surface area contributed by atoms with E-state index in [9.17, 15) is 0 Å². The second kappa shape index (κ2) is 4.37. The van der Waals surface area contributed by atoms with Crippen molar-refractivity contribution in [3.05, 3.63) is 23.5 Å².